The molecule has 0 saturated heterocycles. The molecule has 0 heterocycles. The van der Waals surface area contributed by atoms with Gasteiger partial charge in [0.05, 0.1) is 5.92 Å². The number of hydrogen-bond acceptors (Lipinski definition) is 2. The molecule has 0 fully saturated rings. The van der Waals surface area contributed by atoms with Crippen LogP contribution < -0.4 is 0 Å². The highest BCUT2D eigenvalue weighted by atomic mass is 16.6. The summed E-state index contributed by atoms with van der Waals surface area (Å²) in [5.74, 6) is 0.0438. The average molecular weight is 210 g/mol. The van der Waals surface area contributed by atoms with E-state index in [1.54, 1.807) is 0 Å². The third kappa shape index (κ3) is 3.69. The molecule has 2 nitrogen and oxygen atoms in total. The topological polar surface area (TPSA) is 26.3 Å². The zero-order chi connectivity index (χ0) is 11.6. The number of esters is 1. The second kappa shape index (κ2) is 4.38. The van der Waals surface area contributed by atoms with Gasteiger partial charge >= 0.3 is 5.97 Å². The lowest BCUT2D eigenvalue weighted by molar-refractivity contribution is -0.160. The lowest BCUT2D eigenvalue weighted by Gasteiger charge is -2.27. The molecular weight excluding hydrogens is 188 g/mol. The molecule has 1 atom stereocenters. The molecule has 0 aromatic heterocycles. The molecule has 0 radical (unpaired) electrons. The number of rotatable bonds is 1. The van der Waals surface area contributed by atoms with E-state index in [1.165, 1.54) is 11.1 Å². The van der Waals surface area contributed by atoms with Gasteiger partial charge in [-0.2, -0.15) is 0 Å². The van der Waals surface area contributed by atoms with E-state index in [0.29, 0.717) is 0 Å². The lowest BCUT2D eigenvalue weighted by Crippen LogP contribution is -2.30. The van der Waals surface area contributed by atoms with E-state index in [1.807, 2.05) is 20.8 Å². The first kappa shape index (κ1) is 12.3. The van der Waals surface area contributed by atoms with Crippen LogP contribution in [-0.4, -0.2) is 11.6 Å². The van der Waals surface area contributed by atoms with Crippen molar-refractivity contribution < 1.29 is 9.53 Å². The van der Waals surface area contributed by atoms with Crippen molar-refractivity contribution in [3.63, 3.8) is 0 Å². The van der Waals surface area contributed by atoms with E-state index in [-0.39, 0.29) is 17.5 Å². The number of allylic oxidation sites excluding steroid dienone is 2. The molecular formula is C13H22O2. The molecule has 0 saturated carbocycles. The second-order valence-corrected chi connectivity index (χ2v) is 5.53. The zero-order valence-electron chi connectivity index (χ0n) is 10.5. The molecule has 86 valence electrons. The van der Waals surface area contributed by atoms with E-state index in [2.05, 4.69) is 13.8 Å². The summed E-state index contributed by atoms with van der Waals surface area (Å²) in [5, 5.41) is 0. The van der Waals surface area contributed by atoms with Gasteiger partial charge < -0.3 is 4.74 Å². The van der Waals surface area contributed by atoms with Crippen molar-refractivity contribution in [3.05, 3.63) is 11.1 Å². The minimum absolute atomic E-state index is 0.0330. The van der Waals surface area contributed by atoms with Gasteiger partial charge in [-0.25, -0.2) is 0 Å². The van der Waals surface area contributed by atoms with Crippen molar-refractivity contribution in [3.8, 4) is 0 Å². The van der Waals surface area contributed by atoms with Gasteiger partial charge in [0.1, 0.15) is 5.60 Å². The molecule has 0 aromatic carbocycles. The van der Waals surface area contributed by atoms with Gasteiger partial charge in [-0.05, 0) is 53.9 Å². The second-order valence-electron chi connectivity index (χ2n) is 5.53. The molecule has 0 spiro atoms. The van der Waals surface area contributed by atoms with Gasteiger partial charge in [0, 0.05) is 0 Å². The van der Waals surface area contributed by atoms with Gasteiger partial charge in [0.25, 0.3) is 0 Å². The minimum atomic E-state index is -0.360. The molecule has 1 rings (SSSR count). The van der Waals surface area contributed by atoms with Crippen molar-refractivity contribution in [1.29, 1.82) is 0 Å². The molecule has 0 amide bonds. The largest absolute Gasteiger partial charge is 0.460 e. The first-order valence-electron chi connectivity index (χ1n) is 5.67. The molecule has 2 heteroatoms. The maximum absolute atomic E-state index is 11.8. The average Bonchev–Trinajstić information content (AvgIpc) is 2.06. The maximum atomic E-state index is 11.8. The molecule has 0 N–H and O–H groups in total. The Bertz CT molecular complexity index is 281. The Morgan fingerprint density at radius 3 is 2.33 bits per heavy atom. The summed E-state index contributed by atoms with van der Waals surface area (Å²) in [6.45, 7) is 10.0. The molecule has 0 aliphatic heterocycles. The molecule has 1 aliphatic rings. The maximum Gasteiger partial charge on any atom is 0.309 e. The van der Waals surface area contributed by atoms with Crippen LogP contribution in [0, 0.1) is 5.92 Å². The Balaban J connectivity index is 2.57. The summed E-state index contributed by atoms with van der Waals surface area (Å²) in [6.07, 6.45) is 2.86. The molecule has 0 aromatic rings. The first-order chi connectivity index (χ1) is 6.79. The van der Waals surface area contributed by atoms with Crippen LogP contribution in [0.4, 0.5) is 0 Å². The summed E-state index contributed by atoms with van der Waals surface area (Å²) >= 11 is 0. The van der Waals surface area contributed by atoms with E-state index >= 15 is 0 Å². The van der Waals surface area contributed by atoms with Gasteiger partial charge in [0.2, 0.25) is 0 Å². The highest BCUT2D eigenvalue weighted by Crippen LogP contribution is 2.30. The Kier molecular flexibility index (Phi) is 3.58. The third-order valence-electron chi connectivity index (χ3n) is 2.89. The van der Waals surface area contributed by atoms with Crippen molar-refractivity contribution in [2.45, 2.75) is 59.5 Å². The predicted molar refractivity (Wildman–Crippen MR) is 61.6 cm³/mol. The first-order valence-corrected chi connectivity index (χ1v) is 5.67. The van der Waals surface area contributed by atoms with Crippen LogP contribution in [0.3, 0.4) is 0 Å². The molecule has 15 heavy (non-hydrogen) atoms. The van der Waals surface area contributed by atoms with Crippen LogP contribution in [-0.2, 0) is 9.53 Å². The molecule has 1 unspecified atom stereocenters. The Morgan fingerprint density at radius 2 is 1.87 bits per heavy atom. The van der Waals surface area contributed by atoms with Crippen molar-refractivity contribution in [2.24, 2.45) is 5.92 Å². The smallest absolute Gasteiger partial charge is 0.309 e. The van der Waals surface area contributed by atoms with Crippen LogP contribution in [0.25, 0.3) is 0 Å². The lowest BCUT2D eigenvalue weighted by atomic mass is 9.85. The van der Waals surface area contributed by atoms with E-state index in [9.17, 15) is 4.79 Å². The van der Waals surface area contributed by atoms with E-state index < -0.39 is 0 Å². The number of ether oxygens (including phenoxy) is 1. The van der Waals surface area contributed by atoms with Gasteiger partial charge in [-0.3, -0.25) is 4.79 Å². The Morgan fingerprint density at radius 1 is 1.27 bits per heavy atom. The van der Waals surface area contributed by atoms with Crippen molar-refractivity contribution >= 4 is 5.97 Å². The minimum Gasteiger partial charge on any atom is -0.460 e. The van der Waals surface area contributed by atoms with Gasteiger partial charge in [-0.15, -0.1) is 0 Å². The summed E-state index contributed by atoms with van der Waals surface area (Å²) < 4.78 is 5.40. The normalized spacial score (nSPS) is 22.9. The Hall–Kier alpha value is -0.790. The van der Waals surface area contributed by atoms with Gasteiger partial charge in [0.15, 0.2) is 0 Å². The predicted octanol–water partition coefficient (Wildman–Crippen LogP) is 3.46. The fourth-order valence-electron chi connectivity index (χ4n) is 1.84. The summed E-state index contributed by atoms with van der Waals surface area (Å²) in [4.78, 5) is 11.8. The highest BCUT2D eigenvalue weighted by Gasteiger charge is 2.27. The number of carbonyl (C=O) groups excluding carboxylic acids is 1. The SMILES string of the molecule is CC1=C(C)CC(C(=O)OC(C)(C)C)CC1. The standard InChI is InChI=1S/C13H22O2/c1-9-6-7-11(8-10(9)2)12(14)15-13(3,4)5/h11H,6-8H2,1-5H3. The quantitative estimate of drug-likeness (QED) is 0.489. The Labute approximate surface area is 92.7 Å². The van der Waals surface area contributed by atoms with Crippen LogP contribution in [0.1, 0.15) is 53.9 Å². The molecule has 1 aliphatic carbocycles. The highest BCUT2D eigenvalue weighted by molar-refractivity contribution is 5.73. The van der Waals surface area contributed by atoms with Crippen LogP contribution in [0.15, 0.2) is 11.1 Å². The summed E-state index contributed by atoms with van der Waals surface area (Å²) in [6, 6.07) is 0. The van der Waals surface area contributed by atoms with Crippen LogP contribution >= 0.6 is 0 Å². The number of hydrogen-bond donors (Lipinski definition) is 0. The molecule has 0 bridgehead atoms. The summed E-state index contributed by atoms with van der Waals surface area (Å²) in [5.41, 5.74) is 2.44. The monoisotopic (exact) mass is 210 g/mol. The van der Waals surface area contributed by atoms with E-state index in [4.69, 9.17) is 4.74 Å². The zero-order valence-corrected chi connectivity index (χ0v) is 10.5. The fraction of sp³-hybridized carbons (Fsp3) is 0.769. The summed E-state index contributed by atoms with van der Waals surface area (Å²) in [7, 11) is 0. The van der Waals surface area contributed by atoms with Crippen LogP contribution in [0.2, 0.25) is 0 Å². The van der Waals surface area contributed by atoms with Gasteiger partial charge in [-0.1, -0.05) is 11.1 Å². The third-order valence-corrected chi connectivity index (χ3v) is 2.89. The van der Waals surface area contributed by atoms with Crippen molar-refractivity contribution in [2.75, 3.05) is 0 Å². The van der Waals surface area contributed by atoms with E-state index in [0.717, 1.165) is 19.3 Å². The fourth-order valence-corrected chi connectivity index (χ4v) is 1.84. The van der Waals surface area contributed by atoms with Crippen molar-refractivity contribution in [1.82, 2.24) is 0 Å². The number of carbonyl (C=O) groups is 1. The van der Waals surface area contributed by atoms with Crippen LogP contribution in [0.5, 0.6) is 0 Å².